The van der Waals surface area contributed by atoms with Gasteiger partial charge in [-0.15, -0.1) is 0 Å². The molecule has 2 atom stereocenters. The highest BCUT2D eigenvalue weighted by molar-refractivity contribution is 5.81. The van der Waals surface area contributed by atoms with Gasteiger partial charge in [0.2, 0.25) is 5.91 Å². The molecule has 0 aliphatic heterocycles. The second-order valence-electron chi connectivity index (χ2n) is 3.95. The lowest BCUT2D eigenvalue weighted by Crippen LogP contribution is -2.41. The van der Waals surface area contributed by atoms with Crippen molar-refractivity contribution in [3.63, 3.8) is 0 Å². The smallest absolute Gasteiger partial charge is 0.237 e. The molecule has 0 radical (unpaired) electrons. The summed E-state index contributed by atoms with van der Waals surface area (Å²) in [5.74, 6) is 0.562. The first kappa shape index (κ1) is 13.7. The Kier molecular flexibility index (Phi) is 5.65. The van der Waals surface area contributed by atoms with Crippen LogP contribution in [0.15, 0.2) is 12.4 Å². The van der Waals surface area contributed by atoms with Gasteiger partial charge in [-0.2, -0.15) is 0 Å². The van der Waals surface area contributed by atoms with Gasteiger partial charge in [0.25, 0.3) is 0 Å². The van der Waals surface area contributed by atoms with Crippen LogP contribution in [0.1, 0.15) is 31.6 Å². The van der Waals surface area contributed by atoms with Crippen LogP contribution in [0.5, 0.6) is 0 Å². The fraction of sp³-hybridized carbons (Fsp3) is 0.636. The quantitative estimate of drug-likeness (QED) is 0.599. The predicted molar refractivity (Wildman–Crippen MR) is 64.2 cm³/mol. The van der Waals surface area contributed by atoms with Crippen molar-refractivity contribution in [2.75, 3.05) is 13.7 Å². The molecule has 2 unspecified atom stereocenters. The summed E-state index contributed by atoms with van der Waals surface area (Å²) in [7, 11) is 1.63. The van der Waals surface area contributed by atoms with Crippen molar-refractivity contribution in [2.24, 2.45) is 5.73 Å². The molecule has 1 aromatic heterocycles. The number of carbonyl (C=O) groups is 1. The van der Waals surface area contributed by atoms with E-state index in [0.717, 1.165) is 12.2 Å². The van der Waals surface area contributed by atoms with Gasteiger partial charge in [-0.25, -0.2) is 4.98 Å². The molecule has 6 nitrogen and oxygen atoms in total. The molecule has 0 fully saturated rings. The molecule has 4 N–H and O–H groups in total. The number of nitrogens with zero attached hydrogens (tertiary/aromatic N) is 1. The predicted octanol–water partition coefficient (Wildman–Crippen LogP) is 0.341. The standard InChI is InChI=1S/C11H20N4O2/c1-8(10-13-5-6-14-10)15-11(16)9(12)4-3-7-17-2/h5-6,8-9H,3-4,7,12H2,1-2H3,(H,13,14)(H,15,16). The van der Waals surface area contributed by atoms with E-state index in [9.17, 15) is 4.79 Å². The summed E-state index contributed by atoms with van der Waals surface area (Å²) in [5, 5.41) is 2.81. The van der Waals surface area contributed by atoms with Crippen LogP contribution < -0.4 is 11.1 Å². The Hall–Kier alpha value is -1.40. The van der Waals surface area contributed by atoms with Crippen LogP contribution in [0.25, 0.3) is 0 Å². The average Bonchev–Trinajstić information content (AvgIpc) is 2.82. The molecule has 0 spiro atoms. The first-order valence-electron chi connectivity index (χ1n) is 5.69. The third-order valence-electron chi connectivity index (χ3n) is 2.49. The minimum absolute atomic E-state index is 0.161. The maximum atomic E-state index is 11.7. The fourth-order valence-corrected chi connectivity index (χ4v) is 1.48. The van der Waals surface area contributed by atoms with Crippen LogP contribution in [-0.4, -0.2) is 35.6 Å². The number of methoxy groups -OCH3 is 1. The lowest BCUT2D eigenvalue weighted by molar-refractivity contribution is -0.123. The van der Waals surface area contributed by atoms with Gasteiger partial charge in [0.05, 0.1) is 12.1 Å². The number of imidazole rings is 1. The highest BCUT2D eigenvalue weighted by atomic mass is 16.5. The van der Waals surface area contributed by atoms with Gasteiger partial charge in [-0.3, -0.25) is 4.79 Å². The van der Waals surface area contributed by atoms with Crippen LogP contribution in [0.4, 0.5) is 0 Å². The zero-order chi connectivity index (χ0) is 12.7. The molecule has 0 saturated heterocycles. The summed E-state index contributed by atoms with van der Waals surface area (Å²) in [6.45, 7) is 2.48. The summed E-state index contributed by atoms with van der Waals surface area (Å²) in [6, 6.07) is -0.659. The number of nitrogens with two attached hydrogens (primary N) is 1. The second kappa shape index (κ2) is 7.03. The Morgan fingerprint density at radius 2 is 2.47 bits per heavy atom. The minimum atomic E-state index is -0.498. The number of ether oxygens (including phenoxy) is 1. The van der Waals surface area contributed by atoms with Gasteiger partial charge in [-0.1, -0.05) is 0 Å². The van der Waals surface area contributed by atoms with E-state index in [-0.39, 0.29) is 11.9 Å². The van der Waals surface area contributed by atoms with E-state index >= 15 is 0 Å². The third kappa shape index (κ3) is 4.54. The van der Waals surface area contributed by atoms with Gasteiger partial charge in [0.1, 0.15) is 5.82 Å². The molecule has 17 heavy (non-hydrogen) atoms. The number of aromatic nitrogens is 2. The van der Waals surface area contributed by atoms with E-state index in [1.165, 1.54) is 0 Å². The Labute approximate surface area is 101 Å². The number of aromatic amines is 1. The van der Waals surface area contributed by atoms with Crippen LogP contribution in [-0.2, 0) is 9.53 Å². The molecule has 1 rings (SSSR count). The summed E-state index contributed by atoms with van der Waals surface area (Å²) in [6.07, 6.45) is 4.76. The van der Waals surface area contributed by atoms with Crippen molar-refractivity contribution in [1.29, 1.82) is 0 Å². The van der Waals surface area contributed by atoms with E-state index in [4.69, 9.17) is 10.5 Å². The Morgan fingerprint density at radius 1 is 1.71 bits per heavy atom. The SMILES string of the molecule is COCCCC(N)C(=O)NC(C)c1ncc[nH]1. The Bertz CT molecular complexity index is 326. The Balaban J connectivity index is 2.33. The number of carbonyl (C=O) groups excluding carboxylic acids is 1. The zero-order valence-electron chi connectivity index (χ0n) is 10.3. The Morgan fingerprint density at radius 3 is 3.06 bits per heavy atom. The van der Waals surface area contributed by atoms with Crippen molar-refractivity contribution < 1.29 is 9.53 Å². The summed E-state index contributed by atoms with van der Waals surface area (Å²) in [5.41, 5.74) is 5.76. The van der Waals surface area contributed by atoms with Crippen molar-refractivity contribution >= 4 is 5.91 Å². The molecule has 0 bridgehead atoms. The zero-order valence-corrected chi connectivity index (χ0v) is 10.3. The summed E-state index contributed by atoms with van der Waals surface area (Å²) < 4.78 is 4.91. The van der Waals surface area contributed by atoms with E-state index < -0.39 is 6.04 Å². The van der Waals surface area contributed by atoms with Gasteiger partial charge in [0.15, 0.2) is 0 Å². The number of hydrogen-bond acceptors (Lipinski definition) is 4. The molecule has 0 aromatic carbocycles. The van der Waals surface area contributed by atoms with Gasteiger partial charge in [0, 0.05) is 26.1 Å². The fourth-order valence-electron chi connectivity index (χ4n) is 1.48. The summed E-state index contributed by atoms with van der Waals surface area (Å²) in [4.78, 5) is 18.7. The van der Waals surface area contributed by atoms with Gasteiger partial charge >= 0.3 is 0 Å². The average molecular weight is 240 g/mol. The highest BCUT2D eigenvalue weighted by Crippen LogP contribution is 2.06. The number of rotatable bonds is 7. The number of hydrogen-bond donors (Lipinski definition) is 3. The van der Waals surface area contributed by atoms with Crippen LogP contribution in [0.3, 0.4) is 0 Å². The summed E-state index contributed by atoms with van der Waals surface area (Å²) >= 11 is 0. The lowest BCUT2D eigenvalue weighted by atomic mass is 10.1. The lowest BCUT2D eigenvalue weighted by Gasteiger charge is -2.15. The maximum absolute atomic E-state index is 11.7. The molecule has 0 saturated carbocycles. The minimum Gasteiger partial charge on any atom is -0.385 e. The van der Waals surface area contributed by atoms with E-state index in [2.05, 4.69) is 15.3 Å². The molecular weight excluding hydrogens is 220 g/mol. The number of nitrogens with one attached hydrogen (secondary N) is 2. The number of amides is 1. The normalized spacial score (nSPS) is 14.3. The van der Waals surface area contributed by atoms with E-state index in [1.807, 2.05) is 6.92 Å². The molecule has 1 heterocycles. The highest BCUT2D eigenvalue weighted by Gasteiger charge is 2.17. The molecule has 6 heteroatoms. The van der Waals surface area contributed by atoms with E-state index in [0.29, 0.717) is 13.0 Å². The molecule has 1 aromatic rings. The van der Waals surface area contributed by atoms with Crippen molar-refractivity contribution in [3.05, 3.63) is 18.2 Å². The second-order valence-corrected chi connectivity index (χ2v) is 3.95. The van der Waals surface area contributed by atoms with Gasteiger partial charge in [-0.05, 0) is 19.8 Å². The van der Waals surface area contributed by atoms with Crippen LogP contribution >= 0.6 is 0 Å². The largest absolute Gasteiger partial charge is 0.385 e. The van der Waals surface area contributed by atoms with E-state index in [1.54, 1.807) is 19.5 Å². The van der Waals surface area contributed by atoms with Crippen LogP contribution in [0, 0.1) is 0 Å². The molecule has 0 aliphatic carbocycles. The third-order valence-corrected chi connectivity index (χ3v) is 2.49. The first-order chi connectivity index (χ1) is 8.15. The van der Waals surface area contributed by atoms with Crippen molar-refractivity contribution in [3.8, 4) is 0 Å². The molecule has 0 aliphatic rings. The van der Waals surface area contributed by atoms with Crippen LogP contribution in [0.2, 0.25) is 0 Å². The molecule has 96 valence electrons. The molecule has 1 amide bonds. The monoisotopic (exact) mass is 240 g/mol. The number of H-pyrrole nitrogens is 1. The van der Waals surface area contributed by atoms with Crippen molar-refractivity contribution in [2.45, 2.75) is 31.8 Å². The van der Waals surface area contributed by atoms with Gasteiger partial charge < -0.3 is 20.8 Å². The van der Waals surface area contributed by atoms with Crippen molar-refractivity contribution in [1.82, 2.24) is 15.3 Å². The first-order valence-corrected chi connectivity index (χ1v) is 5.69. The molecular formula is C11H20N4O2. The topological polar surface area (TPSA) is 93.0 Å². The maximum Gasteiger partial charge on any atom is 0.237 e.